The van der Waals surface area contributed by atoms with E-state index in [-0.39, 0.29) is 17.5 Å². The molecule has 2 aromatic heterocycles. The number of thioether (sulfide) groups is 1. The Labute approximate surface area is 159 Å². The van der Waals surface area contributed by atoms with E-state index in [1.165, 1.54) is 23.9 Å². The van der Waals surface area contributed by atoms with E-state index < -0.39 is 4.92 Å². The van der Waals surface area contributed by atoms with Crippen LogP contribution in [-0.4, -0.2) is 20.1 Å². The van der Waals surface area contributed by atoms with Crippen molar-refractivity contribution in [2.75, 3.05) is 0 Å². The molecule has 3 rings (SSSR count). The van der Waals surface area contributed by atoms with Gasteiger partial charge in [0.15, 0.2) is 0 Å². The second-order valence-electron chi connectivity index (χ2n) is 5.95. The first kappa shape index (κ1) is 18.5. The molecular formula is C18H15N5O3S. The lowest BCUT2D eigenvalue weighted by molar-refractivity contribution is -0.384. The van der Waals surface area contributed by atoms with E-state index in [0.717, 1.165) is 5.69 Å². The highest BCUT2D eigenvalue weighted by Gasteiger charge is 2.14. The summed E-state index contributed by atoms with van der Waals surface area (Å²) in [5.41, 5.74) is 2.00. The molecule has 0 aliphatic rings. The third-order valence-electron chi connectivity index (χ3n) is 3.72. The van der Waals surface area contributed by atoms with Gasteiger partial charge >= 0.3 is 0 Å². The Bertz CT molecular complexity index is 1010. The van der Waals surface area contributed by atoms with Crippen LogP contribution in [0, 0.1) is 21.4 Å². The zero-order valence-corrected chi connectivity index (χ0v) is 15.4. The van der Waals surface area contributed by atoms with E-state index in [2.05, 4.69) is 21.3 Å². The van der Waals surface area contributed by atoms with Gasteiger partial charge in [0, 0.05) is 23.4 Å². The molecule has 0 atom stereocenters. The van der Waals surface area contributed by atoms with Crippen LogP contribution in [0.1, 0.15) is 36.9 Å². The summed E-state index contributed by atoms with van der Waals surface area (Å²) in [5.74, 6) is 1.29. The number of non-ortho nitro benzene ring substituents is 1. The summed E-state index contributed by atoms with van der Waals surface area (Å²) < 4.78 is 5.62. The third kappa shape index (κ3) is 4.30. The molecule has 0 saturated carbocycles. The van der Waals surface area contributed by atoms with Crippen LogP contribution in [0.15, 0.2) is 45.8 Å². The molecule has 0 fully saturated rings. The molecule has 0 unspecified atom stereocenters. The number of hydrogen-bond acceptors (Lipinski definition) is 8. The average Bonchev–Trinajstić information content (AvgIpc) is 3.15. The van der Waals surface area contributed by atoms with Crippen molar-refractivity contribution in [1.29, 1.82) is 5.26 Å². The lowest BCUT2D eigenvalue weighted by atomic mass is 10.1. The van der Waals surface area contributed by atoms with Crippen molar-refractivity contribution in [3.63, 3.8) is 0 Å². The lowest BCUT2D eigenvalue weighted by Crippen LogP contribution is -1.96. The zero-order chi connectivity index (χ0) is 19.4. The van der Waals surface area contributed by atoms with Crippen LogP contribution in [0.2, 0.25) is 0 Å². The van der Waals surface area contributed by atoms with Crippen molar-refractivity contribution in [1.82, 2.24) is 15.2 Å². The van der Waals surface area contributed by atoms with Gasteiger partial charge in [-0.2, -0.15) is 5.26 Å². The quantitative estimate of drug-likeness (QED) is 0.352. The SMILES string of the molecule is CC(C)c1ccc(C#N)c(SCc2nnc(-c3ccc([N+](=O)[O-])cc3)o2)n1. The zero-order valence-electron chi connectivity index (χ0n) is 14.6. The smallest absolute Gasteiger partial charge is 0.269 e. The summed E-state index contributed by atoms with van der Waals surface area (Å²) in [5, 5.41) is 28.6. The number of nitriles is 1. The molecule has 0 saturated heterocycles. The topological polar surface area (TPSA) is 119 Å². The van der Waals surface area contributed by atoms with E-state index in [4.69, 9.17) is 4.42 Å². The molecule has 3 aromatic rings. The molecule has 1 aromatic carbocycles. The van der Waals surface area contributed by atoms with Gasteiger partial charge in [0.05, 0.1) is 16.2 Å². The molecule has 8 nitrogen and oxygen atoms in total. The summed E-state index contributed by atoms with van der Waals surface area (Å²) in [7, 11) is 0. The van der Waals surface area contributed by atoms with Crippen LogP contribution >= 0.6 is 11.8 Å². The lowest BCUT2D eigenvalue weighted by Gasteiger charge is -2.07. The van der Waals surface area contributed by atoms with Gasteiger partial charge in [0.1, 0.15) is 11.1 Å². The highest BCUT2D eigenvalue weighted by atomic mass is 32.2. The van der Waals surface area contributed by atoms with E-state index in [1.54, 1.807) is 18.2 Å². The van der Waals surface area contributed by atoms with E-state index in [0.29, 0.717) is 27.8 Å². The van der Waals surface area contributed by atoms with Gasteiger partial charge < -0.3 is 4.42 Å². The maximum absolute atomic E-state index is 10.7. The Morgan fingerprint density at radius 1 is 1.22 bits per heavy atom. The Morgan fingerprint density at radius 3 is 2.59 bits per heavy atom. The molecule has 27 heavy (non-hydrogen) atoms. The predicted octanol–water partition coefficient (Wildman–Crippen LogP) is 4.33. The van der Waals surface area contributed by atoms with Gasteiger partial charge in [0.25, 0.3) is 5.69 Å². The molecule has 0 N–H and O–H groups in total. The van der Waals surface area contributed by atoms with Crippen molar-refractivity contribution >= 4 is 17.4 Å². The number of aromatic nitrogens is 3. The number of pyridine rings is 1. The van der Waals surface area contributed by atoms with Crippen molar-refractivity contribution in [3.05, 3.63) is 63.7 Å². The molecule has 0 aliphatic heterocycles. The minimum absolute atomic E-state index is 0.00538. The average molecular weight is 381 g/mol. The van der Waals surface area contributed by atoms with Crippen LogP contribution in [0.5, 0.6) is 0 Å². The molecule has 136 valence electrons. The highest BCUT2D eigenvalue weighted by molar-refractivity contribution is 7.98. The Morgan fingerprint density at radius 2 is 1.96 bits per heavy atom. The maximum Gasteiger partial charge on any atom is 0.269 e. The minimum atomic E-state index is -0.468. The van der Waals surface area contributed by atoms with Crippen molar-refractivity contribution in [2.45, 2.75) is 30.5 Å². The van der Waals surface area contributed by atoms with E-state index in [1.807, 2.05) is 19.9 Å². The predicted molar refractivity (Wildman–Crippen MR) is 99.0 cm³/mol. The van der Waals surface area contributed by atoms with Crippen LogP contribution < -0.4 is 0 Å². The number of rotatable bonds is 6. The van der Waals surface area contributed by atoms with Gasteiger partial charge in [-0.25, -0.2) is 4.98 Å². The van der Waals surface area contributed by atoms with Crippen LogP contribution in [-0.2, 0) is 5.75 Å². The van der Waals surface area contributed by atoms with Gasteiger partial charge in [-0.05, 0) is 30.2 Å². The molecule has 0 amide bonds. The van der Waals surface area contributed by atoms with E-state index in [9.17, 15) is 15.4 Å². The van der Waals surface area contributed by atoms with Crippen molar-refractivity contribution < 1.29 is 9.34 Å². The van der Waals surface area contributed by atoms with Gasteiger partial charge in [-0.3, -0.25) is 10.1 Å². The molecule has 9 heteroatoms. The van der Waals surface area contributed by atoms with Gasteiger partial charge in [-0.1, -0.05) is 25.6 Å². The standard InChI is InChI=1S/C18H15N5O3S/c1-11(2)15-8-5-13(9-19)18(20-15)27-10-16-21-22-17(26-16)12-3-6-14(7-4-12)23(24)25/h3-8,11H,10H2,1-2H3. The third-order valence-corrected chi connectivity index (χ3v) is 4.69. The van der Waals surface area contributed by atoms with Crippen LogP contribution in [0.3, 0.4) is 0 Å². The Balaban J connectivity index is 1.74. The molecule has 0 aliphatic carbocycles. The first-order chi connectivity index (χ1) is 13.0. The summed E-state index contributed by atoms with van der Waals surface area (Å²) in [6, 6.07) is 11.6. The fraction of sp³-hybridized carbons (Fsp3) is 0.222. The molecule has 2 heterocycles. The number of nitrogens with zero attached hydrogens (tertiary/aromatic N) is 5. The molecule has 0 spiro atoms. The summed E-state index contributed by atoms with van der Waals surface area (Å²) in [6.45, 7) is 4.08. The second-order valence-corrected chi connectivity index (χ2v) is 6.91. The summed E-state index contributed by atoms with van der Waals surface area (Å²) in [4.78, 5) is 14.8. The Kier molecular flexibility index (Phi) is 5.47. The largest absolute Gasteiger partial charge is 0.420 e. The number of hydrogen-bond donors (Lipinski definition) is 0. The fourth-order valence-corrected chi connectivity index (χ4v) is 3.07. The second kappa shape index (κ2) is 7.97. The summed E-state index contributed by atoms with van der Waals surface area (Å²) >= 11 is 1.35. The molecular weight excluding hydrogens is 366 g/mol. The van der Waals surface area contributed by atoms with E-state index >= 15 is 0 Å². The summed E-state index contributed by atoms with van der Waals surface area (Å²) in [6.07, 6.45) is 0. The first-order valence-electron chi connectivity index (χ1n) is 8.09. The number of benzene rings is 1. The first-order valence-corrected chi connectivity index (χ1v) is 9.07. The van der Waals surface area contributed by atoms with Crippen LogP contribution in [0.4, 0.5) is 5.69 Å². The van der Waals surface area contributed by atoms with Gasteiger partial charge in [0.2, 0.25) is 11.8 Å². The van der Waals surface area contributed by atoms with Gasteiger partial charge in [-0.15, -0.1) is 10.2 Å². The monoisotopic (exact) mass is 381 g/mol. The maximum atomic E-state index is 10.7. The van der Waals surface area contributed by atoms with Crippen molar-refractivity contribution in [2.24, 2.45) is 0 Å². The highest BCUT2D eigenvalue weighted by Crippen LogP contribution is 2.27. The fourth-order valence-electron chi connectivity index (χ4n) is 2.26. The minimum Gasteiger partial charge on any atom is -0.420 e. The number of nitro benzene ring substituents is 1. The molecule has 0 radical (unpaired) electrons. The van der Waals surface area contributed by atoms with Crippen LogP contribution in [0.25, 0.3) is 11.5 Å². The van der Waals surface area contributed by atoms with Crippen molar-refractivity contribution in [3.8, 4) is 17.5 Å². The Hall–Kier alpha value is -3.25. The molecule has 0 bridgehead atoms. The normalized spacial score (nSPS) is 10.7. The number of nitro groups is 1.